The molecule has 1 N–H and O–H groups in total. The zero-order chi connectivity index (χ0) is 24.6. The Balaban J connectivity index is 2.99. The number of hydrogen-bond donors (Lipinski definition) is 2. The van der Waals surface area contributed by atoms with Gasteiger partial charge < -0.3 is 5.11 Å². The molecule has 1 nitrogen and oxygen atoms in total. The van der Waals surface area contributed by atoms with Crippen LogP contribution in [0.2, 0.25) is 0 Å². The van der Waals surface area contributed by atoms with Gasteiger partial charge in [0.1, 0.15) is 0 Å². The lowest BCUT2D eigenvalue weighted by Gasteiger charge is -2.04. The van der Waals surface area contributed by atoms with Gasteiger partial charge in [0, 0.05) is 6.61 Å². The predicted molar refractivity (Wildman–Crippen MR) is 159 cm³/mol. The molecular weight excluding hydrogens is 432 g/mol. The van der Waals surface area contributed by atoms with Crippen LogP contribution in [-0.2, 0) is 0 Å². The third-order valence-electron chi connectivity index (χ3n) is 7.57. The van der Waals surface area contributed by atoms with E-state index in [1.807, 2.05) is 0 Å². The average molecular weight is 499 g/mol. The van der Waals surface area contributed by atoms with Crippen LogP contribution in [0.15, 0.2) is 0 Å². The Labute approximate surface area is 222 Å². The van der Waals surface area contributed by atoms with Crippen molar-refractivity contribution in [3.8, 4) is 0 Å². The first-order valence-corrected chi connectivity index (χ1v) is 16.8. The van der Waals surface area contributed by atoms with Crippen molar-refractivity contribution in [1.82, 2.24) is 0 Å². The third kappa shape index (κ3) is 32.3. The van der Waals surface area contributed by atoms with Crippen molar-refractivity contribution < 1.29 is 5.11 Å². The fourth-order valence-electron chi connectivity index (χ4n) is 5.17. The lowest BCUT2D eigenvalue weighted by Crippen LogP contribution is -1.85. The second-order valence-corrected chi connectivity index (χ2v) is 11.5. The van der Waals surface area contributed by atoms with Crippen LogP contribution in [0.1, 0.15) is 193 Å². The first kappa shape index (κ1) is 34.3. The van der Waals surface area contributed by atoms with Crippen LogP contribution in [0.4, 0.5) is 0 Å². The fraction of sp³-hybridized carbons (Fsp3) is 1.00. The maximum Gasteiger partial charge on any atom is 0.0431 e. The Morgan fingerprint density at radius 3 is 0.529 bits per heavy atom. The Morgan fingerprint density at radius 1 is 0.235 bits per heavy atom. The molecule has 34 heavy (non-hydrogen) atoms. The number of aliphatic hydroxyl groups excluding tert-OH is 1. The van der Waals surface area contributed by atoms with Crippen molar-refractivity contribution in [3.05, 3.63) is 0 Å². The van der Waals surface area contributed by atoms with Crippen LogP contribution in [0.25, 0.3) is 0 Å². The van der Waals surface area contributed by atoms with Gasteiger partial charge in [0.2, 0.25) is 0 Å². The zero-order valence-electron chi connectivity index (χ0n) is 23.5. The molecule has 0 bridgehead atoms. The topological polar surface area (TPSA) is 20.2 Å². The molecule has 0 atom stereocenters. The number of unbranched alkanes of at least 4 members (excludes halogenated alkanes) is 29. The van der Waals surface area contributed by atoms with E-state index in [-0.39, 0.29) is 0 Å². The minimum absolute atomic E-state index is 0.373. The van der Waals surface area contributed by atoms with Crippen molar-refractivity contribution in [2.45, 2.75) is 193 Å². The van der Waals surface area contributed by atoms with Gasteiger partial charge in [-0.1, -0.05) is 180 Å². The molecule has 0 saturated heterocycles. The summed E-state index contributed by atoms with van der Waals surface area (Å²) in [7, 11) is 0. The smallest absolute Gasteiger partial charge is 0.0431 e. The molecule has 0 aliphatic carbocycles. The highest BCUT2D eigenvalue weighted by Gasteiger charge is 1.97. The van der Waals surface area contributed by atoms with E-state index in [0.717, 1.165) is 12.2 Å². The summed E-state index contributed by atoms with van der Waals surface area (Å²) in [5, 5.41) is 8.77. The van der Waals surface area contributed by atoms with Crippen molar-refractivity contribution in [1.29, 1.82) is 0 Å². The average Bonchev–Trinajstić information content (AvgIpc) is 2.85. The van der Waals surface area contributed by atoms with Crippen molar-refractivity contribution in [3.63, 3.8) is 0 Å². The van der Waals surface area contributed by atoms with Crippen LogP contribution >= 0.6 is 12.6 Å². The minimum atomic E-state index is 0.373. The minimum Gasteiger partial charge on any atom is -0.396 e. The van der Waals surface area contributed by atoms with Gasteiger partial charge in [-0.3, -0.25) is 0 Å². The maximum absolute atomic E-state index is 8.77. The molecule has 0 rings (SSSR count). The molecule has 0 amide bonds. The van der Waals surface area contributed by atoms with Crippen LogP contribution in [0, 0.1) is 0 Å². The number of aliphatic hydroxyl groups is 1. The molecule has 0 fully saturated rings. The van der Waals surface area contributed by atoms with E-state index < -0.39 is 0 Å². The van der Waals surface area contributed by atoms with E-state index in [1.165, 1.54) is 186 Å². The van der Waals surface area contributed by atoms with Gasteiger partial charge in [0.05, 0.1) is 0 Å². The van der Waals surface area contributed by atoms with Gasteiger partial charge in [-0.2, -0.15) is 12.6 Å². The standard InChI is InChI=1S/C32H66OS/c33-31-29-27-25-23-21-19-17-15-13-11-9-7-5-3-1-2-4-6-8-10-12-14-16-18-20-22-24-26-28-30-32-34/h33-34H,1-32H2. The summed E-state index contributed by atoms with van der Waals surface area (Å²) >= 11 is 4.28. The molecule has 0 spiro atoms. The normalized spacial score (nSPS) is 11.5. The Hall–Kier alpha value is 0.310. The second kappa shape index (κ2) is 33.3. The van der Waals surface area contributed by atoms with Gasteiger partial charge in [-0.05, 0) is 18.6 Å². The molecule has 0 aromatic carbocycles. The SMILES string of the molecule is OCCCCCCCCCCCCCCCCCCCCCCCCCCCCCCCCS. The van der Waals surface area contributed by atoms with E-state index in [2.05, 4.69) is 12.6 Å². The lowest BCUT2D eigenvalue weighted by molar-refractivity contribution is 0.282. The molecule has 206 valence electrons. The molecule has 0 aromatic rings. The van der Waals surface area contributed by atoms with Crippen LogP contribution in [0.3, 0.4) is 0 Å². The Kier molecular flexibility index (Phi) is 33.6. The van der Waals surface area contributed by atoms with Crippen LogP contribution in [-0.4, -0.2) is 17.5 Å². The van der Waals surface area contributed by atoms with Crippen molar-refractivity contribution in [2.75, 3.05) is 12.4 Å². The van der Waals surface area contributed by atoms with E-state index in [4.69, 9.17) is 5.11 Å². The lowest BCUT2D eigenvalue weighted by atomic mass is 10.0. The fourth-order valence-corrected chi connectivity index (χ4v) is 5.40. The summed E-state index contributed by atoms with van der Waals surface area (Å²) in [4.78, 5) is 0. The van der Waals surface area contributed by atoms with Crippen molar-refractivity contribution >= 4 is 12.6 Å². The highest BCUT2D eigenvalue weighted by Crippen LogP contribution is 2.16. The predicted octanol–water partition coefficient (Wildman–Crippen LogP) is 11.6. The van der Waals surface area contributed by atoms with Gasteiger partial charge in [0.25, 0.3) is 0 Å². The first-order valence-electron chi connectivity index (χ1n) is 16.1. The summed E-state index contributed by atoms with van der Waals surface area (Å²) in [6, 6.07) is 0. The van der Waals surface area contributed by atoms with Crippen molar-refractivity contribution in [2.24, 2.45) is 0 Å². The van der Waals surface area contributed by atoms with Gasteiger partial charge >= 0.3 is 0 Å². The number of hydrogen-bond acceptors (Lipinski definition) is 2. The van der Waals surface area contributed by atoms with Gasteiger partial charge in [-0.25, -0.2) is 0 Å². The third-order valence-corrected chi connectivity index (χ3v) is 7.88. The molecule has 0 aliphatic heterocycles. The van der Waals surface area contributed by atoms with Crippen LogP contribution in [0.5, 0.6) is 0 Å². The monoisotopic (exact) mass is 498 g/mol. The van der Waals surface area contributed by atoms with Crippen LogP contribution < -0.4 is 0 Å². The summed E-state index contributed by atoms with van der Waals surface area (Å²) in [6.07, 6.45) is 42.7. The molecule has 0 saturated carbocycles. The van der Waals surface area contributed by atoms with E-state index in [0.29, 0.717) is 6.61 Å². The summed E-state index contributed by atoms with van der Waals surface area (Å²) in [5.74, 6) is 1.07. The summed E-state index contributed by atoms with van der Waals surface area (Å²) < 4.78 is 0. The van der Waals surface area contributed by atoms with E-state index in [1.54, 1.807) is 0 Å². The molecule has 2 heteroatoms. The molecule has 0 aliphatic rings. The zero-order valence-corrected chi connectivity index (χ0v) is 24.4. The van der Waals surface area contributed by atoms with Gasteiger partial charge in [-0.15, -0.1) is 0 Å². The molecule has 0 unspecified atom stereocenters. The van der Waals surface area contributed by atoms with E-state index in [9.17, 15) is 0 Å². The largest absolute Gasteiger partial charge is 0.396 e. The summed E-state index contributed by atoms with van der Waals surface area (Å²) in [5.41, 5.74) is 0. The summed E-state index contributed by atoms with van der Waals surface area (Å²) in [6.45, 7) is 0.373. The highest BCUT2D eigenvalue weighted by atomic mass is 32.1. The molecular formula is C32H66OS. The Bertz CT molecular complexity index is 301. The van der Waals surface area contributed by atoms with Gasteiger partial charge in [0.15, 0.2) is 0 Å². The maximum atomic E-state index is 8.77. The molecule has 0 radical (unpaired) electrons. The number of thiol groups is 1. The quantitative estimate of drug-likeness (QED) is 0.0719. The number of rotatable bonds is 31. The second-order valence-electron chi connectivity index (χ2n) is 11.1. The molecule has 0 aromatic heterocycles. The van der Waals surface area contributed by atoms with E-state index >= 15 is 0 Å². The Morgan fingerprint density at radius 2 is 0.382 bits per heavy atom. The molecule has 0 heterocycles. The highest BCUT2D eigenvalue weighted by molar-refractivity contribution is 7.80. The first-order chi connectivity index (χ1) is 16.9.